The van der Waals surface area contributed by atoms with Crippen molar-refractivity contribution in [3.8, 4) is 39.7 Å². The van der Waals surface area contributed by atoms with Gasteiger partial charge in [-0.25, -0.2) is 9.97 Å². The Morgan fingerprint density at radius 2 is 1.12 bits per heavy atom. The van der Waals surface area contributed by atoms with Crippen LogP contribution >= 0.6 is 0 Å². The van der Waals surface area contributed by atoms with Gasteiger partial charge in [0.15, 0.2) is 17.8 Å². The molecule has 0 radical (unpaired) electrons. The van der Waals surface area contributed by atoms with Crippen molar-refractivity contribution < 1.29 is 4.74 Å². The molecule has 1 aliphatic heterocycles. The summed E-state index contributed by atoms with van der Waals surface area (Å²) in [5, 5.41) is 8.04. The van der Waals surface area contributed by atoms with Gasteiger partial charge in [0, 0.05) is 27.6 Å². The third kappa shape index (κ3) is 4.17. The minimum Gasteiger partial charge on any atom is -0.464 e. The van der Waals surface area contributed by atoms with Gasteiger partial charge in [0.1, 0.15) is 0 Å². The molecule has 1 atom stereocenters. The van der Waals surface area contributed by atoms with Crippen LogP contribution in [0.15, 0.2) is 140 Å². The summed E-state index contributed by atoms with van der Waals surface area (Å²) in [5.74, 6) is 1.57. The largest absolute Gasteiger partial charge is 0.464 e. The van der Waals surface area contributed by atoms with Gasteiger partial charge in [-0.05, 0) is 34.4 Å². The van der Waals surface area contributed by atoms with Gasteiger partial charge in [0.25, 0.3) is 0 Å². The molecule has 0 bridgehead atoms. The molecular weight excluding hydrogens is 502 g/mol. The van der Waals surface area contributed by atoms with E-state index in [9.17, 15) is 0 Å². The molecule has 41 heavy (non-hydrogen) atoms. The number of fused-ring (bicyclic) bond motifs is 5. The molecule has 4 nitrogen and oxygen atoms in total. The number of hydrogen-bond acceptors (Lipinski definition) is 4. The van der Waals surface area contributed by atoms with Gasteiger partial charge < -0.3 is 10.1 Å². The number of hydrogen-bond donors (Lipinski definition) is 1. The second-order valence-corrected chi connectivity index (χ2v) is 10.3. The Morgan fingerprint density at radius 3 is 1.80 bits per heavy atom. The van der Waals surface area contributed by atoms with E-state index in [1.807, 2.05) is 54.6 Å². The van der Waals surface area contributed by atoms with Crippen LogP contribution in [0.1, 0.15) is 11.8 Å². The Balaban J connectivity index is 1.31. The quantitative estimate of drug-likeness (QED) is 0.232. The van der Waals surface area contributed by atoms with Crippen LogP contribution in [0.5, 0.6) is 5.75 Å². The van der Waals surface area contributed by atoms with E-state index in [2.05, 4.69) is 90.2 Å². The topological polar surface area (TPSA) is 47.0 Å². The third-order valence-electron chi connectivity index (χ3n) is 7.70. The molecular formula is C37H25N3O. The standard InChI is InChI=1S/C37H25N3O/c1-4-10-25(11-5-1)32-23-33(26-12-6-2-7-13-26)39-36(38-32)29-19-17-24-16-18-27-20-21-31-35(34(27)30(24)22-29)41-37(40-31)28-14-8-3-9-15-28/h1-23,37,40H. The van der Waals surface area contributed by atoms with Gasteiger partial charge >= 0.3 is 0 Å². The highest BCUT2D eigenvalue weighted by molar-refractivity contribution is 6.13. The van der Waals surface area contributed by atoms with Gasteiger partial charge in [-0.3, -0.25) is 0 Å². The van der Waals surface area contributed by atoms with Gasteiger partial charge in [-0.2, -0.15) is 0 Å². The van der Waals surface area contributed by atoms with Crippen molar-refractivity contribution in [2.45, 2.75) is 6.23 Å². The first kappa shape index (κ1) is 23.4. The van der Waals surface area contributed by atoms with Crippen molar-refractivity contribution in [3.05, 3.63) is 145 Å². The zero-order valence-corrected chi connectivity index (χ0v) is 22.2. The molecule has 194 valence electrons. The van der Waals surface area contributed by atoms with E-state index in [4.69, 9.17) is 14.7 Å². The van der Waals surface area contributed by atoms with Crippen LogP contribution in [-0.2, 0) is 0 Å². The Kier molecular flexibility index (Phi) is 5.49. The molecule has 8 rings (SSSR count). The van der Waals surface area contributed by atoms with Crippen LogP contribution in [-0.4, -0.2) is 9.97 Å². The van der Waals surface area contributed by atoms with Crippen LogP contribution in [0, 0.1) is 0 Å². The molecule has 1 aliphatic rings. The van der Waals surface area contributed by atoms with E-state index in [-0.39, 0.29) is 6.23 Å². The lowest BCUT2D eigenvalue weighted by Crippen LogP contribution is -2.09. The summed E-state index contributed by atoms with van der Waals surface area (Å²) in [6, 6.07) is 48.0. The molecule has 4 heteroatoms. The number of nitrogens with one attached hydrogen (secondary N) is 1. The lowest BCUT2D eigenvalue weighted by atomic mass is 9.98. The summed E-state index contributed by atoms with van der Waals surface area (Å²) in [6.07, 6.45) is -0.227. The summed E-state index contributed by atoms with van der Waals surface area (Å²) in [4.78, 5) is 10.1. The first-order chi connectivity index (χ1) is 20.3. The zero-order valence-electron chi connectivity index (χ0n) is 22.2. The lowest BCUT2D eigenvalue weighted by Gasteiger charge is -2.13. The van der Waals surface area contributed by atoms with Crippen molar-refractivity contribution in [2.75, 3.05) is 5.32 Å². The fourth-order valence-electron chi connectivity index (χ4n) is 5.65. The maximum absolute atomic E-state index is 6.57. The van der Waals surface area contributed by atoms with Crippen LogP contribution in [0.25, 0.3) is 55.4 Å². The van der Waals surface area contributed by atoms with Gasteiger partial charge in [0.2, 0.25) is 0 Å². The molecule has 0 spiro atoms. The Bertz CT molecular complexity index is 1980. The molecule has 1 aromatic heterocycles. The number of nitrogens with zero attached hydrogens (tertiary/aromatic N) is 2. The van der Waals surface area contributed by atoms with Crippen molar-refractivity contribution in [3.63, 3.8) is 0 Å². The average molecular weight is 528 g/mol. The summed E-state index contributed by atoms with van der Waals surface area (Å²) in [7, 11) is 0. The van der Waals surface area contributed by atoms with Crippen molar-refractivity contribution in [1.82, 2.24) is 9.97 Å². The molecule has 6 aromatic carbocycles. The molecule has 1 unspecified atom stereocenters. The van der Waals surface area contributed by atoms with E-state index in [1.165, 1.54) is 0 Å². The fourth-order valence-corrected chi connectivity index (χ4v) is 5.65. The molecule has 1 N–H and O–H groups in total. The summed E-state index contributed by atoms with van der Waals surface area (Å²) in [5.41, 5.74) is 6.96. The Labute approximate surface area is 237 Å². The number of aromatic nitrogens is 2. The van der Waals surface area contributed by atoms with Gasteiger partial charge in [-0.1, -0.05) is 121 Å². The lowest BCUT2D eigenvalue weighted by molar-refractivity contribution is 0.263. The van der Waals surface area contributed by atoms with Crippen LogP contribution < -0.4 is 10.1 Å². The first-order valence-electron chi connectivity index (χ1n) is 13.8. The van der Waals surface area contributed by atoms with E-state index in [1.54, 1.807) is 0 Å². The molecule has 0 aliphatic carbocycles. The second-order valence-electron chi connectivity index (χ2n) is 10.3. The highest BCUT2D eigenvalue weighted by Gasteiger charge is 2.26. The molecule has 0 fully saturated rings. The maximum atomic E-state index is 6.57. The molecule has 7 aromatic rings. The highest BCUT2D eigenvalue weighted by Crippen LogP contribution is 2.46. The smallest absolute Gasteiger partial charge is 0.196 e. The summed E-state index contributed by atoms with van der Waals surface area (Å²) in [6.45, 7) is 0. The van der Waals surface area contributed by atoms with E-state index < -0.39 is 0 Å². The average Bonchev–Trinajstić information content (AvgIpc) is 3.50. The Hall–Kier alpha value is -5.48. The van der Waals surface area contributed by atoms with Gasteiger partial charge in [-0.15, -0.1) is 0 Å². The monoisotopic (exact) mass is 527 g/mol. The molecule has 0 amide bonds. The van der Waals surface area contributed by atoms with Gasteiger partial charge in [0.05, 0.1) is 17.1 Å². The first-order valence-corrected chi connectivity index (χ1v) is 13.8. The normalized spacial score (nSPS) is 14.0. The molecule has 0 saturated heterocycles. The van der Waals surface area contributed by atoms with Crippen LogP contribution in [0.4, 0.5) is 5.69 Å². The van der Waals surface area contributed by atoms with Crippen molar-refractivity contribution >= 4 is 27.2 Å². The van der Waals surface area contributed by atoms with Crippen LogP contribution in [0.3, 0.4) is 0 Å². The minimum atomic E-state index is -0.227. The number of ether oxygens (including phenoxy) is 1. The minimum absolute atomic E-state index is 0.227. The predicted molar refractivity (Wildman–Crippen MR) is 167 cm³/mol. The van der Waals surface area contributed by atoms with Crippen molar-refractivity contribution in [2.24, 2.45) is 0 Å². The number of rotatable bonds is 4. The van der Waals surface area contributed by atoms with E-state index in [0.717, 1.165) is 66.6 Å². The third-order valence-corrected chi connectivity index (χ3v) is 7.70. The Morgan fingerprint density at radius 1 is 0.537 bits per heavy atom. The highest BCUT2D eigenvalue weighted by atomic mass is 16.5. The summed E-state index contributed by atoms with van der Waals surface area (Å²) >= 11 is 0. The molecule has 0 saturated carbocycles. The maximum Gasteiger partial charge on any atom is 0.196 e. The van der Waals surface area contributed by atoms with E-state index in [0.29, 0.717) is 5.82 Å². The second kappa shape index (κ2) is 9.61. The SMILES string of the molecule is c1ccc(-c2cc(-c3ccccc3)nc(-c3ccc4ccc5ccc6c(c5c4c3)OC(c3ccccc3)N6)n2)cc1. The predicted octanol–water partition coefficient (Wildman–Crippen LogP) is 9.29. The zero-order chi connectivity index (χ0) is 27.2. The fraction of sp³-hybridized carbons (Fsp3) is 0.0270. The van der Waals surface area contributed by atoms with E-state index >= 15 is 0 Å². The number of anilines is 1. The van der Waals surface area contributed by atoms with Crippen LogP contribution in [0.2, 0.25) is 0 Å². The summed E-state index contributed by atoms with van der Waals surface area (Å²) < 4.78 is 6.57. The van der Waals surface area contributed by atoms with Crippen molar-refractivity contribution in [1.29, 1.82) is 0 Å². The molecule has 2 heterocycles. The number of benzene rings is 6.